The maximum atomic E-state index is 9.40. The molecule has 100 valence electrons. The first kappa shape index (κ1) is 13.8. The number of rotatable bonds is 5. The smallest absolute Gasteiger partial charge is 0.373 e. The summed E-state index contributed by atoms with van der Waals surface area (Å²) in [5, 5.41) is 15.3. The Kier molecular flexibility index (Phi) is 4.58. The Bertz CT molecular complexity index is 426. The number of aromatic nitrogens is 2. The fourth-order valence-corrected chi connectivity index (χ4v) is 2.92. The number of H-pyrrole nitrogens is 1. The molecular weight excluding hydrogens is 249 g/mol. The van der Waals surface area contributed by atoms with E-state index in [1.165, 1.54) is 19.3 Å². The zero-order chi connectivity index (χ0) is 13.0. The largest absolute Gasteiger partial charge is 0.437 e. The van der Waals surface area contributed by atoms with E-state index < -0.39 is 7.05 Å². The van der Waals surface area contributed by atoms with Gasteiger partial charge in [-0.15, -0.1) is 0 Å². The molecule has 0 saturated heterocycles. The highest BCUT2D eigenvalue weighted by Gasteiger charge is 2.33. The minimum Gasteiger partial charge on any atom is -0.437 e. The summed E-state index contributed by atoms with van der Waals surface area (Å²) in [5.74, 6) is 0.814. The number of hydrogen-bond donors (Lipinski definition) is 3. The van der Waals surface area contributed by atoms with Gasteiger partial charge in [0.1, 0.15) is 5.82 Å². The predicted molar refractivity (Wildman–Crippen MR) is 72.7 cm³/mol. The minimum atomic E-state index is -0.473. The quantitative estimate of drug-likeness (QED) is 0.562. The average Bonchev–Trinajstić information content (AvgIpc) is 2.73. The van der Waals surface area contributed by atoms with E-state index in [4.69, 9.17) is 16.7 Å². The Morgan fingerprint density at radius 2 is 2.22 bits per heavy atom. The molecule has 18 heavy (non-hydrogen) atoms. The van der Waals surface area contributed by atoms with Crippen molar-refractivity contribution in [1.29, 1.82) is 0 Å². The van der Waals surface area contributed by atoms with Crippen molar-refractivity contribution in [3.05, 3.63) is 10.7 Å². The molecule has 1 aromatic rings. The van der Waals surface area contributed by atoms with Gasteiger partial charge in [0.15, 0.2) is 0 Å². The van der Waals surface area contributed by atoms with E-state index in [0.717, 1.165) is 31.6 Å². The molecule has 2 rings (SSSR count). The van der Waals surface area contributed by atoms with Crippen LogP contribution in [0.5, 0.6) is 0 Å². The SMILES string of the molecule is CB(O)NCC1(Cc2nc(=S)o[nH]2)CCCCC1. The van der Waals surface area contributed by atoms with Gasteiger partial charge in [-0.1, -0.05) is 19.3 Å². The van der Waals surface area contributed by atoms with Crippen LogP contribution in [0.25, 0.3) is 0 Å². The molecule has 0 amide bonds. The maximum absolute atomic E-state index is 9.40. The first-order valence-corrected chi connectivity index (χ1v) is 6.96. The lowest BCUT2D eigenvalue weighted by atomic mass is 9.70. The number of nitrogens with zero attached hydrogens (tertiary/aromatic N) is 1. The summed E-state index contributed by atoms with van der Waals surface area (Å²) < 4.78 is 4.99. The molecule has 7 heteroatoms. The van der Waals surface area contributed by atoms with E-state index in [1.807, 2.05) is 0 Å². The van der Waals surface area contributed by atoms with E-state index in [9.17, 15) is 5.02 Å². The Balaban J connectivity index is 2.06. The summed E-state index contributed by atoms with van der Waals surface area (Å²) in [7, 11) is -0.473. The fraction of sp³-hybridized carbons (Fsp3) is 0.818. The minimum absolute atomic E-state index is 0.157. The van der Waals surface area contributed by atoms with Crippen molar-refractivity contribution in [3.8, 4) is 0 Å². The third-order valence-electron chi connectivity index (χ3n) is 3.71. The van der Waals surface area contributed by atoms with Crippen molar-refractivity contribution in [2.75, 3.05) is 6.54 Å². The average molecular weight is 269 g/mol. The molecular formula is C11H20BN3O2S. The number of aromatic amines is 1. The zero-order valence-electron chi connectivity index (χ0n) is 10.7. The molecule has 0 bridgehead atoms. The van der Waals surface area contributed by atoms with Crippen molar-refractivity contribution in [2.24, 2.45) is 5.41 Å². The second kappa shape index (κ2) is 5.99. The molecule has 0 radical (unpaired) electrons. The van der Waals surface area contributed by atoms with Gasteiger partial charge in [0, 0.05) is 6.42 Å². The molecule has 0 aliphatic heterocycles. The normalized spacial score (nSPS) is 18.8. The van der Waals surface area contributed by atoms with Gasteiger partial charge in [0.05, 0.1) is 0 Å². The van der Waals surface area contributed by atoms with Crippen molar-refractivity contribution in [2.45, 2.75) is 45.3 Å². The number of hydrogen-bond acceptors (Lipinski definition) is 5. The highest BCUT2D eigenvalue weighted by Crippen LogP contribution is 2.38. The molecule has 3 N–H and O–H groups in total. The van der Waals surface area contributed by atoms with E-state index in [1.54, 1.807) is 6.82 Å². The summed E-state index contributed by atoms with van der Waals surface area (Å²) >= 11 is 4.88. The fourth-order valence-electron chi connectivity index (χ4n) is 2.77. The second-order valence-electron chi connectivity index (χ2n) is 5.32. The van der Waals surface area contributed by atoms with Gasteiger partial charge in [0.25, 0.3) is 0 Å². The van der Waals surface area contributed by atoms with Crippen LogP contribution in [0.15, 0.2) is 4.52 Å². The lowest BCUT2D eigenvalue weighted by Gasteiger charge is -2.37. The summed E-state index contributed by atoms with van der Waals surface area (Å²) in [4.78, 5) is 4.44. The van der Waals surface area contributed by atoms with Gasteiger partial charge in [0.2, 0.25) is 0 Å². The van der Waals surface area contributed by atoms with Crippen LogP contribution in [0, 0.1) is 10.3 Å². The highest BCUT2D eigenvalue weighted by molar-refractivity contribution is 7.71. The summed E-state index contributed by atoms with van der Waals surface area (Å²) in [6, 6.07) is 0. The lowest BCUT2D eigenvalue weighted by Crippen LogP contribution is -2.43. The van der Waals surface area contributed by atoms with Crippen molar-refractivity contribution < 1.29 is 9.55 Å². The van der Waals surface area contributed by atoms with Crippen LogP contribution in [0.1, 0.15) is 37.9 Å². The first-order valence-electron chi connectivity index (χ1n) is 6.56. The van der Waals surface area contributed by atoms with Crippen LogP contribution in [0.2, 0.25) is 6.82 Å². The Labute approximate surface area is 112 Å². The standard InChI is InChI=1S/C11H20BN3O2S/c1-12(16)13-8-11(5-3-2-4-6-11)7-9-14-10(18)17-15-9/h13,16H,2-8H2,1H3,(H,14,15,18). The van der Waals surface area contributed by atoms with Crippen molar-refractivity contribution in [3.63, 3.8) is 0 Å². The van der Waals surface area contributed by atoms with Crippen LogP contribution in [0.3, 0.4) is 0 Å². The van der Waals surface area contributed by atoms with E-state index in [-0.39, 0.29) is 10.3 Å². The predicted octanol–water partition coefficient (Wildman–Crippen LogP) is 1.93. The maximum Gasteiger partial charge on any atom is 0.373 e. The number of nitrogens with one attached hydrogen (secondary N) is 2. The molecule has 1 aliphatic rings. The third kappa shape index (κ3) is 3.67. The zero-order valence-corrected chi connectivity index (χ0v) is 11.6. The lowest BCUT2D eigenvalue weighted by molar-refractivity contribution is 0.183. The Morgan fingerprint density at radius 3 is 2.78 bits per heavy atom. The molecule has 0 aromatic carbocycles. The highest BCUT2D eigenvalue weighted by atomic mass is 32.1. The molecule has 0 unspecified atom stereocenters. The molecule has 1 aromatic heterocycles. The third-order valence-corrected chi connectivity index (χ3v) is 3.89. The van der Waals surface area contributed by atoms with Gasteiger partial charge in [-0.25, -0.2) is 5.16 Å². The van der Waals surface area contributed by atoms with Gasteiger partial charge >= 0.3 is 11.9 Å². The molecule has 0 spiro atoms. The van der Waals surface area contributed by atoms with Crippen molar-refractivity contribution >= 4 is 19.3 Å². The van der Waals surface area contributed by atoms with E-state index >= 15 is 0 Å². The van der Waals surface area contributed by atoms with Crippen molar-refractivity contribution in [1.82, 2.24) is 15.4 Å². The second-order valence-corrected chi connectivity index (χ2v) is 5.67. The monoisotopic (exact) mass is 269 g/mol. The van der Waals surface area contributed by atoms with Crippen LogP contribution >= 0.6 is 12.2 Å². The molecule has 1 fully saturated rings. The van der Waals surface area contributed by atoms with Crippen LogP contribution in [-0.2, 0) is 6.42 Å². The van der Waals surface area contributed by atoms with Gasteiger partial charge < -0.3 is 14.8 Å². The molecule has 0 atom stereocenters. The van der Waals surface area contributed by atoms with Gasteiger partial charge in [-0.05, 0) is 43.8 Å². The van der Waals surface area contributed by atoms with E-state index in [0.29, 0.717) is 0 Å². The molecule has 1 saturated carbocycles. The van der Waals surface area contributed by atoms with E-state index in [2.05, 4.69) is 15.4 Å². The summed E-state index contributed by atoms with van der Waals surface area (Å²) in [6.07, 6.45) is 6.90. The van der Waals surface area contributed by atoms with Crippen LogP contribution in [-0.4, -0.2) is 28.8 Å². The van der Waals surface area contributed by atoms with Gasteiger partial charge in [-0.3, -0.25) is 0 Å². The molecule has 1 aliphatic carbocycles. The Morgan fingerprint density at radius 1 is 1.50 bits per heavy atom. The summed E-state index contributed by atoms with van der Waals surface area (Å²) in [6.45, 7) is 2.55. The topological polar surface area (TPSA) is 74.1 Å². The first-order chi connectivity index (χ1) is 8.60. The Hall–Kier alpha value is -0.655. The molecule has 1 heterocycles. The van der Waals surface area contributed by atoms with Crippen LogP contribution in [0.4, 0.5) is 0 Å². The van der Waals surface area contributed by atoms with Gasteiger partial charge in [-0.2, -0.15) is 4.98 Å². The van der Waals surface area contributed by atoms with Crippen LogP contribution < -0.4 is 5.23 Å². The summed E-state index contributed by atoms with van der Waals surface area (Å²) in [5.41, 5.74) is 0.157. The molecule has 5 nitrogen and oxygen atoms in total.